The molecule has 2 aromatic rings. The average Bonchev–Trinajstić information content (AvgIpc) is 2.46. The molecular weight excluding hydrogens is 291 g/mol. The maximum absolute atomic E-state index is 13.7. The van der Waals surface area contributed by atoms with Crippen molar-refractivity contribution in [2.45, 2.75) is 0 Å². The molecule has 0 aliphatic carbocycles. The maximum atomic E-state index is 13.7. The Morgan fingerprint density at radius 2 is 2.00 bits per heavy atom. The molecule has 106 valence electrons. The van der Waals surface area contributed by atoms with E-state index in [9.17, 15) is 9.18 Å². The molecule has 0 aliphatic heterocycles. The van der Waals surface area contributed by atoms with E-state index in [1.54, 1.807) is 24.3 Å². The molecule has 3 N–H and O–H groups in total. The summed E-state index contributed by atoms with van der Waals surface area (Å²) in [5.41, 5.74) is 6.21. The molecule has 21 heavy (non-hydrogen) atoms. The van der Waals surface area contributed by atoms with Crippen LogP contribution in [0.4, 0.5) is 10.1 Å². The second kappa shape index (κ2) is 6.89. The van der Waals surface area contributed by atoms with Crippen LogP contribution in [-0.4, -0.2) is 12.5 Å². The molecule has 0 aliphatic rings. The molecule has 5 heteroatoms. The summed E-state index contributed by atoms with van der Waals surface area (Å²) in [5.74, 6) is 4.25. The summed E-state index contributed by atoms with van der Waals surface area (Å²) in [6.45, 7) is 0.210. The SMILES string of the molecule is NCC#Cc1ccccc1NC(=O)c1c(F)cccc1Cl. The molecule has 0 bridgehead atoms. The van der Waals surface area contributed by atoms with Crippen molar-refractivity contribution in [1.82, 2.24) is 0 Å². The second-order valence-corrected chi connectivity index (χ2v) is 4.51. The Labute approximate surface area is 126 Å². The maximum Gasteiger partial charge on any atom is 0.260 e. The smallest absolute Gasteiger partial charge is 0.260 e. The third kappa shape index (κ3) is 3.60. The first-order valence-electron chi connectivity index (χ1n) is 6.17. The molecule has 1 amide bonds. The van der Waals surface area contributed by atoms with Crippen LogP contribution < -0.4 is 11.1 Å². The molecule has 0 fully saturated rings. The van der Waals surface area contributed by atoms with Crippen molar-refractivity contribution in [2.24, 2.45) is 5.73 Å². The van der Waals surface area contributed by atoms with Gasteiger partial charge < -0.3 is 11.1 Å². The van der Waals surface area contributed by atoms with Crippen molar-refractivity contribution in [3.05, 3.63) is 64.4 Å². The fourth-order valence-electron chi connectivity index (χ4n) is 1.75. The van der Waals surface area contributed by atoms with Crippen LogP contribution in [0.1, 0.15) is 15.9 Å². The molecule has 0 heterocycles. The Morgan fingerprint density at radius 3 is 2.71 bits per heavy atom. The molecule has 0 aromatic heterocycles. The van der Waals surface area contributed by atoms with Gasteiger partial charge in [-0.25, -0.2) is 4.39 Å². The largest absolute Gasteiger partial charge is 0.321 e. The molecule has 2 rings (SSSR count). The number of amides is 1. The lowest BCUT2D eigenvalue weighted by Crippen LogP contribution is -2.15. The summed E-state index contributed by atoms with van der Waals surface area (Å²) >= 11 is 5.87. The number of hydrogen-bond donors (Lipinski definition) is 2. The number of benzene rings is 2. The van der Waals surface area contributed by atoms with Gasteiger partial charge in [0.25, 0.3) is 5.91 Å². The zero-order valence-corrected chi connectivity index (χ0v) is 11.7. The van der Waals surface area contributed by atoms with Gasteiger partial charge in [-0.1, -0.05) is 41.6 Å². The van der Waals surface area contributed by atoms with Gasteiger partial charge in [-0.05, 0) is 24.3 Å². The number of para-hydroxylation sites is 1. The first kappa shape index (κ1) is 15.0. The lowest BCUT2D eigenvalue weighted by molar-refractivity contribution is 0.102. The minimum absolute atomic E-state index is 0.0537. The highest BCUT2D eigenvalue weighted by Crippen LogP contribution is 2.21. The first-order chi connectivity index (χ1) is 10.1. The van der Waals surface area contributed by atoms with Gasteiger partial charge in [0.1, 0.15) is 5.82 Å². The monoisotopic (exact) mass is 302 g/mol. The van der Waals surface area contributed by atoms with Crippen LogP contribution >= 0.6 is 11.6 Å². The van der Waals surface area contributed by atoms with Gasteiger partial charge in [0, 0.05) is 5.56 Å². The zero-order valence-electron chi connectivity index (χ0n) is 11.0. The minimum Gasteiger partial charge on any atom is -0.321 e. The Morgan fingerprint density at radius 1 is 1.24 bits per heavy atom. The lowest BCUT2D eigenvalue weighted by atomic mass is 10.1. The van der Waals surface area contributed by atoms with Crippen LogP contribution in [0, 0.1) is 17.7 Å². The Bertz CT molecular complexity index is 714. The normalized spacial score (nSPS) is 9.67. The Kier molecular flexibility index (Phi) is 4.94. The van der Waals surface area contributed by atoms with Crippen LogP contribution in [0.2, 0.25) is 5.02 Å². The van der Waals surface area contributed by atoms with E-state index in [-0.39, 0.29) is 17.1 Å². The number of nitrogens with two attached hydrogens (primary N) is 1. The van der Waals surface area contributed by atoms with Crippen molar-refractivity contribution in [3.63, 3.8) is 0 Å². The second-order valence-electron chi connectivity index (χ2n) is 4.10. The summed E-state index contributed by atoms with van der Waals surface area (Å²) < 4.78 is 13.7. The summed E-state index contributed by atoms with van der Waals surface area (Å²) in [6, 6.07) is 11.0. The highest BCUT2D eigenvalue weighted by Gasteiger charge is 2.16. The van der Waals surface area contributed by atoms with E-state index in [1.807, 2.05) is 0 Å². The van der Waals surface area contributed by atoms with E-state index in [0.29, 0.717) is 11.3 Å². The summed E-state index contributed by atoms with van der Waals surface area (Å²) in [4.78, 5) is 12.2. The number of halogens is 2. The quantitative estimate of drug-likeness (QED) is 0.838. The fraction of sp³-hybridized carbons (Fsp3) is 0.0625. The highest BCUT2D eigenvalue weighted by atomic mass is 35.5. The Balaban J connectivity index is 2.32. The molecule has 2 aromatic carbocycles. The van der Waals surface area contributed by atoms with E-state index in [4.69, 9.17) is 17.3 Å². The predicted octanol–water partition coefficient (Wildman–Crippen LogP) is 3.04. The van der Waals surface area contributed by atoms with Gasteiger partial charge >= 0.3 is 0 Å². The van der Waals surface area contributed by atoms with Gasteiger partial charge in [0.15, 0.2) is 0 Å². The lowest BCUT2D eigenvalue weighted by Gasteiger charge is -2.09. The molecule has 0 atom stereocenters. The zero-order chi connectivity index (χ0) is 15.2. The fourth-order valence-corrected chi connectivity index (χ4v) is 2.00. The molecular formula is C16H12ClFN2O. The van der Waals surface area contributed by atoms with Gasteiger partial charge in [-0.2, -0.15) is 0 Å². The van der Waals surface area contributed by atoms with Crippen LogP contribution in [0.5, 0.6) is 0 Å². The number of rotatable bonds is 2. The van der Waals surface area contributed by atoms with Gasteiger partial charge in [-0.3, -0.25) is 4.79 Å². The molecule has 0 saturated carbocycles. The van der Waals surface area contributed by atoms with Crippen molar-refractivity contribution in [2.75, 3.05) is 11.9 Å². The molecule has 0 unspecified atom stereocenters. The average molecular weight is 303 g/mol. The molecule has 0 radical (unpaired) electrons. The Hall–Kier alpha value is -2.35. The van der Waals surface area contributed by atoms with E-state index < -0.39 is 11.7 Å². The number of nitrogens with one attached hydrogen (secondary N) is 1. The topological polar surface area (TPSA) is 55.1 Å². The number of carbonyl (C=O) groups excluding carboxylic acids is 1. The molecule has 0 spiro atoms. The van der Waals surface area contributed by atoms with E-state index in [1.165, 1.54) is 18.2 Å². The van der Waals surface area contributed by atoms with Crippen LogP contribution in [-0.2, 0) is 0 Å². The van der Waals surface area contributed by atoms with Gasteiger partial charge in [0.05, 0.1) is 22.8 Å². The van der Waals surface area contributed by atoms with E-state index >= 15 is 0 Å². The van der Waals surface area contributed by atoms with E-state index in [0.717, 1.165) is 0 Å². The van der Waals surface area contributed by atoms with Crippen molar-refractivity contribution in [3.8, 4) is 11.8 Å². The minimum atomic E-state index is -0.675. The number of carbonyl (C=O) groups is 1. The van der Waals surface area contributed by atoms with Crippen LogP contribution in [0.25, 0.3) is 0 Å². The predicted molar refractivity (Wildman–Crippen MR) is 81.7 cm³/mol. The first-order valence-corrected chi connectivity index (χ1v) is 6.54. The van der Waals surface area contributed by atoms with Crippen LogP contribution in [0.3, 0.4) is 0 Å². The van der Waals surface area contributed by atoms with Gasteiger partial charge in [0.2, 0.25) is 0 Å². The van der Waals surface area contributed by atoms with Crippen molar-refractivity contribution in [1.29, 1.82) is 0 Å². The van der Waals surface area contributed by atoms with Crippen molar-refractivity contribution >= 4 is 23.2 Å². The summed E-state index contributed by atoms with van der Waals surface area (Å²) in [5, 5.41) is 2.66. The van der Waals surface area contributed by atoms with E-state index in [2.05, 4.69) is 17.2 Å². The summed E-state index contributed by atoms with van der Waals surface area (Å²) in [6.07, 6.45) is 0. The highest BCUT2D eigenvalue weighted by molar-refractivity contribution is 6.34. The number of anilines is 1. The molecule has 3 nitrogen and oxygen atoms in total. The van der Waals surface area contributed by atoms with Gasteiger partial charge in [-0.15, -0.1) is 0 Å². The summed E-state index contributed by atoms with van der Waals surface area (Å²) in [7, 11) is 0. The number of hydrogen-bond acceptors (Lipinski definition) is 2. The third-order valence-electron chi connectivity index (χ3n) is 2.69. The molecule has 0 saturated heterocycles. The standard InChI is InChI=1S/C16H12ClFN2O/c17-12-7-3-8-13(18)15(12)16(21)20-14-9-2-1-5-11(14)6-4-10-19/h1-3,5,7-9H,10,19H2,(H,20,21). The van der Waals surface area contributed by atoms with Crippen molar-refractivity contribution < 1.29 is 9.18 Å². The third-order valence-corrected chi connectivity index (χ3v) is 3.01. The van der Waals surface area contributed by atoms with Crippen LogP contribution in [0.15, 0.2) is 42.5 Å².